The fraction of sp³-hybridized carbons (Fsp3) is 1.00. The maximum absolute atomic E-state index is 5.04. The van der Waals surface area contributed by atoms with Crippen molar-refractivity contribution in [3.8, 4) is 0 Å². The summed E-state index contributed by atoms with van der Waals surface area (Å²) in [6, 6.07) is 0.688. The van der Waals surface area contributed by atoms with E-state index < -0.39 is 0 Å². The molecule has 90 valence electrons. The Morgan fingerprint density at radius 2 is 2.13 bits per heavy atom. The Morgan fingerprint density at radius 3 is 2.73 bits per heavy atom. The summed E-state index contributed by atoms with van der Waals surface area (Å²) in [6.45, 7) is 6.35. The first-order chi connectivity index (χ1) is 7.22. The lowest BCUT2D eigenvalue weighted by molar-refractivity contribution is 0.161. The molecule has 1 atom stereocenters. The summed E-state index contributed by atoms with van der Waals surface area (Å²) in [5, 5.41) is 3.58. The Hall–Kier alpha value is -0.120. The molecule has 3 nitrogen and oxygen atoms in total. The van der Waals surface area contributed by atoms with Gasteiger partial charge in [-0.25, -0.2) is 0 Å². The molecule has 1 N–H and O–H groups in total. The van der Waals surface area contributed by atoms with Crippen molar-refractivity contribution in [2.45, 2.75) is 32.2 Å². The number of rotatable bonds is 9. The van der Waals surface area contributed by atoms with Crippen molar-refractivity contribution in [2.24, 2.45) is 5.92 Å². The molecule has 0 aliphatic heterocycles. The van der Waals surface area contributed by atoms with Gasteiger partial charge in [0.25, 0.3) is 0 Å². The lowest BCUT2D eigenvalue weighted by Gasteiger charge is -2.18. The van der Waals surface area contributed by atoms with E-state index in [9.17, 15) is 0 Å². The molecule has 1 unspecified atom stereocenters. The van der Waals surface area contributed by atoms with Crippen LogP contribution in [0.15, 0.2) is 0 Å². The molecule has 1 saturated carbocycles. The molecule has 0 saturated heterocycles. The molecule has 0 bridgehead atoms. The topological polar surface area (TPSA) is 24.5 Å². The minimum absolute atomic E-state index is 0.688. The quantitative estimate of drug-likeness (QED) is 0.627. The lowest BCUT2D eigenvalue weighted by atomic mass is 10.1. The second-order valence-corrected chi connectivity index (χ2v) is 4.83. The van der Waals surface area contributed by atoms with Crippen LogP contribution in [0.2, 0.25) is 0 Å². The number of likely N-dealkylation sites (N-methyl/N-ethyl adjacent to an activating group) is 1. The summed E-state index contributed by atoms with van der Waals surface area (Å²) in [6.07, 6.45) is 4.28. The van der Waals surface area contributed by atoms with Gasteiger partial charge in [-0.05, 0) is 26.3 Å². The van der Waals surface area contributed by atoms with Crippen molar-refractivity contribution in [1.82, 2.24) is 10.2 Å². The van der Waals surface area contributed by atoms with Gasteiger partial charge in [-0.2, -0.15) is 0 Å². The third-order valence-electron chi connectivity index (χ3n) is 3.05. The molecule has 0 amide bonds. The van der Waals surface area contributed by atoms with Crippen LogP contribution in [-0.4, -0.2) is 51.3 Å². The maximum Gasteiger partial charge on any atom is 0.0589 e. The van der Waals surface area contributed by atoms with Gasteiger partial charge in [0.2, 0.25) is 0 Å². The largest absolute Gasteiger partial charge is 0.383 e. The van der Waals surface area contributed by atoms with Gasteiger partial charge >= 0.3 is 0 Å². The molecule has 0 heterocycles. The van der Waals surface area contributed by atoms with E-state index in [1.54, 1.807) is 7.11 Å². The van der Waals surface area contributed by atoms with Crippen LogP contribution in [-0.2, 0) is 4.74 Å². The molecule has 0 radical (unpaired) electrons. The summed E-state index contributed by atoms with van der Waals surface area (Å²) in [4.78, 5) is 2.31. The number of hydrogen-bond donors (Lipinski definition) is 1. The van der Waals surface area contributed by atoms with Gasteiger partial charge in [0.05, 0.1) is 6.61 Å². The van der Waals surface area contributed by atoms with E-state index in [0.717, 1.165) is 32.2 Å². The van der Waals surface area contributed by atoms with Crippen LogP contribution in [0, 0.1) is 5.92 Å². The Balaban J connectivity index is 1.89. The van der Waals surface area contributed by atoms with E-state index in [1.807, 2.05) is 0 Å². The van der Waals surface area contributed by atoms with Gasteiger partial charge < -0.3 is 15.0 Å². The molecule has 0 aromatic heterocycles. The number of methoxy groups -OCH3 is 1. The average molecular weight is 214 g/mol. The molecule has 1 rings (SSSR count). The van der Waals surface area contributed by atoms with E-state index in [0.29, 0.717) is 6.04 Å². The van der Waals surface area contributed by atoms with Gasteiger partial charge in [0, 0.05) is 32.8 Å². The normalized spacial score (nSPS) is 18.4. The first kappa shape index (κ1) is 12.9. The summed E-state index contributed by atoms with van der Waals surface area (Å²) in [7, 11) is 3.90. The highest BCUT2D eigenvalue weighted by Crippen LogP contribution is 2.33. The highest BCUT2D eigenvalue weighted by atomic mass is 16.5. The Labute approximate surface area is 94.2 Å². The van der Waals surface area contributed by atoms with Crippen LogP contribution >= 0.6 is 0 Å². The van der Waals surface area contributed by atoms with Crippen molar-refractivity contribution < 1.29 is 4.74 Å². The van der Waals surface area contributed by atoms with Gasteiger partial charge in [-0.1, -0.05) is 12.8 Å². The number of ether oxygens (including phenoxy) is 1. The van der Waals surface area contributed by atoms with Crippen molar-refractivity contribution in [2.75, 3.05) is 40.4 Å². The molecular formula is C12H26N2O. The maximum atomic E-state index is 5.04. The zero-order chi connectivity index (χ0) is 11.1. The first-order valence-corrected chi connectivity index (χ1v) is 6.13. The van der Waals surface area contributed by atoms with Crippen LogP contribution in [0.25, 0.3) is 0 Å². The summed E-state index contributed by atoms with van der Waals surface area (Å²) < 4.78 is 5.04. The molecule has 3 heteroatoms. The first-order valence-electron chi connectivity index (χ1n) is 6.13. The molecular weight excluding hydrogens is 188 g/mol. The Kier molecular flexibility index (Phi) is 6.22. The van der Waals surface area contributed by atoms with Gasteiger partial charge in [0.1, 0.15) is 0 Å². The smallest absolute Gasteiger partial charge is 0.0589 e. The SMILES string of the molecule is COCCN(C)CCNC(C)CC1CC1. The molecule has 0 aromatic carbocycles. The summed E-state index contributed by atoms with van der Waals surface area (Å²) >= 11 is 0. The van der Waals surface area contributed by atoms with Crippen molar-refractivity contribution in [3.05, 3.63) is 0 Å². The monoisotopic (exact) mass is 214 g/mol. The molecule has 1 aliphatic carbocycles. The number of hydrogen-bond acceptors (Lipinski definition) is 3. The number of nitrogens with zero attached hydrogens (tertiary/aromatic N) is 1. The molecule has 1 fully saturated rings. The third-order valence-corrected chi connectivity index (χ3v) is 3.05. The molecule has 1 aliphatic rings. The van der Waals surface area contributed by atoms with Crippen molar-refractivity contribution >= 4 is 0 Å². The molecule has 0 spiro atoms. The van der Waals surface area contributed by atoms with E-state index >= 15 is 0 Å². The van der Waals surface area contributed by atoms with E-state index in [-0.39, 0.29) is 0 Å². The van der Waals surface area contributed by atoms with Gasteiger partial charge in [-0.3, -0.25) is 0 Å². The van der Waals surface area contributed by atoms with E-state index in [1.165, 1.54) is 19.3 Å². The average Bonchev–Trinajstić information content (AvgIpc) is 2.98. The minimum Gasteiger partial charge on any atom is -0.383 e. The highest BCUT2D eigenvalue weighted by molar-refractivity contribution is 4.78. The fourth-order valence-electron chi connectivity index (χ4n) is 1.80. The second-order valence-electron chi connectivity index (χ2n) is 4.83. The summed E-state index contributed by atoms with van der Waals surface area (Å²) in [5.41, 5.74) is 0. The summed E-state index contributed by atoms with van der Waals surface area (Å²) in [5.74, 6) is 1.03. The van der Waals surface area contributed by atoms with Crippen LogP contribution < -0.4 is 5.32 Å². The minimum atomic E-state index is 0.688. The van der Waals surface area contributed by atoms with E-state index in [4.69, 9.17) is 4.74 Å². The predicted molar refractivity (Wildman–Crippen MR) is 64.2 cm³/mol. The van der Waals surface area contributed by atoms with E-state index in [2.05, 4.69) is 24.2 Å². The zero-order valence-electron chi connectivity index (χ0n) is 10.5. The molecule has 0 aromatic rings. The lowest BCUT2D eigenvalue weighted by Crippen LogP contribution is -2.35. The Morgan fingerprint density at radius 1 is 1.40 bits per heavy atom. The van der Waals surface area contributed by atoms with Crippen molar-refractivity contribution in [1.29, 1.82) is 0 Å². The standard InChI is InChI=1S/C12H26N2O/c1-11(10-12-4-5-12)13-6-7-14(2)8-9-15-3/h11-13H,4-10H2,1-3H3. The van der Waals surface area contributed by atoms with Crippen LogP contribution in [0.4, 0.5) is 0 Å². The third kappa shape index (κ3) is 6.88. The van der Waals surface area contributed by atoms with Crippen molar-refractivity contribution in [3.63, 3.8) is 0 Å². The number of nitrogens with one attached hydrogen (secondary N) is 1. The molecule has 15 heavy (non-hydrogen) atoms. The van der Waals surface area contributed by atoms with Crippen LogP contribution in [0.3, 0.4) is 0 Å². The zero-order valence-corrected chi connectivity index (χ0v) is 10.5. The van der Waals surface area contributed by atoms with Crippen LogP contribution in [0.1, 0.15) is 26.2 Å². The fourth-order valence-corrected chi connectivity index (χ4v) is 1.80. The Bertz CT molecular complexity index is 160. The predicted octanol–water partition coefficient (Wildman–Crippen LogP) is 1.34. The van der Waals surface area contributed by atoms with Gasteiger partial charge in [0.15, 0.2) is 0 Å². The highest BCUT2D eigenvalue weighted by Gasteiger charge is 2.23. The second kappa shape index (κ2) is 7.20. The van der Waals surface area contributed by atoms with Crippen LogP contribution in [0.5, 0.6) is 0 Å². The van der Waals surface area contributed by atoms with Gasteiger partial charge in [-0.15, -0.1) is 0 Å².